The van der Waals surface area contributed by atoms with Crippen LogP contribution in [0.15, 0.2) is 48.8 Å². The fourth-order valence-electron chi connectivity index (χ4n) is 2.81. The highest BCUT2D eigenvalue weighted by molar-refractivity contribution is 6.00. The number of H-pyrrole nitrogens is 1. The van der Waals surface area contributed by atoms with Crippen LogP contribution in [0.3, 0.4) is 0 Å². The van der Waals surface area contributed by atoms with Crippen LogP contribution in [0.1, 0.15) is 33.2 Å². The molecule has 1 atom stereocenters. The average Bonchev–Trinajstić information content (AvgIpc) is 3.11. The molecule has 0 bridgehead atoms. The lowest BCUT2D eigenvalue weighted by atomic mass is 9.97. The molecule has 0 saturated carbocycles. The zero-order valence-corrected chi connectivity index (χ0v) is 12.0. The number of hydrogen-bond acceptors (Lipinski definition) is 3. The minimum absolute atomic E-state index is 0.130. The number of aromatic amines is 1. The summed E-state index contributed by atoms with van der Waals surface area (Å²) in [6.45, 7) is 2.04. The van der Waals surface area contributed by atoms with Crippen molar-refractivity contribution in [2.45, 2.75) is 13.0 Å². The van der Waals surface area contributed by atoms with Gasteiger partial charge in [-0.1, -0.05) is 35.9 Å². The Morgan fingerprint density at radius 1 is 1.14 bits per heavy atom. The lowest BCUT2D eigenvalue weighted by Crippen LogP contribution is -2.21. The first kappa shape index (κ1) is 12.8. The first-order chi connectivity index (χ1) is 10.7. The van der Waals surface area contributed by atoms with Crippen LogP contribution < -0.4 is 5.32 Å². The van der Waals surface area contributed by atoms with E-state index in [1.54, 1.807) is 12.4 Å². The number of rotatable bonds is 2. The summed E-state index contributed by atoms with van der Waals surface area (Å²) < 4.78 is 0. The molecule has 0 unspecified atom stereocenters. The van der Waals surface area contributed by atoms with Crippen molar-refractivity contribution in [3.63, 3.8) is 0 Å². The summed E-state index contributed by atoms with van der Waals surface area (Å²) in [7, 11) is 0. The minimum atomic E-state index is -0.216. The number of nitrogens with zero attached hydrogens (tertiary/aromatic N) is 2. The lowest BCUT2D eigenvalue weighted by Gasteiger charge is -2.12. The SMILES string of the molecule is Cc1ccc(-c2n[nH]c3c2[C@H](c2cccnc2)NC3=O)cc1. The lowest BCUT2D eigenvalue weighted by molar-refractivity contribution is 0.0955. The molecule has 108 valence electrons. The summed E-state index contributed by atoms with van der Waals surface area (Å²) >= 11 is 0. The Morgan fingerprint density at radius 2 is 1.95 bits per heavy atom. The maximum atomic E-state index is 12.1. The van der Waals surface area contributed by atoms with E-state index >= 15 is 0 Å². The maximum Gasteiger partial charge on any atom is 0.270 e. The van der Waals surface area contributed by atoms with Crippen molar-refractivity contribution in [1.82, 2.24) is 20.5 Å². The van der Waals surface area contributed by atoms with Crippen LogP contribution in [0, 0.1) is 6.92 Å². The standard InChI is InChI=1S/C17H14N4O/c1-10-4-6-11(7-5-10)15-13-14(12-3-2-8-18-9-12)19-17(22)16(13)21-20-15/h2-9,14H,1H3,(H,19,22)(H,20,21)/t14-/m0/s1. The van der Waals surface area contributed by atoms with Gasteiger partial charge in [-0.3, -0.25) is 14.9 Å². The van der Waals surface area contributed by atoms with Crippen LogP contribution >= 0.6 is 0 Å². The van der Waals surface area contributed by atoms with Gasteiger partial charge in [-0.15, -0.1) is 0 Å². The van der Waals surface area contributed by atoms with Crippen molar-refractivity contribution in [2.75, 3.05) is 0 Å². The van der Waals surface area contributed by atoms with Crippen LogP contribution in [-0.2, 0) is 0 Å². The van der Waals surface area contributed by atoms with Crippen molar-refractivity contribution in [3.8, 4) is 11.3 Å². The maximum absolute atomic E-state index is 12.1. The molecule has 0 aliphatic carbocycles. The van der Waals surface area contributed by atoms with Gasteiger partial charge in [-0.25, -0.2) is 0 Å². The molecule has 1 aliphatic heterocycles. The Morgan fingerprint density at radius 3 is 2.68 bits per heavy atom. The Hall–Kier alpha value is -2.95. The second kappa shape index (κ2) is 4.80. The number of carbonyl (C=O) groups excluding carboxylic acids is 1. The quantitative estimate of drug-likeness (QED) is 0.762. The predicted octanol–water partition coefficient (Wildman–Crippen LogP) is 2.61. The van der Waals surface area contributed by atoms with Crippen LogP contribution in [0.5, 0.6) is 0 Å². The number of pyridine rings is 1. The van der Waals surface area contributed by atoms with E-state index in [2.05, 4.69) is 20.5 Å². The van der Waals surface area contributed by atoms with Gasteiger partial charge in [0.15, 0.2) is 0 Å². The molecule has 5 heteroatoms. The third-order valence-corrected chi connectivity index (χ3v) is 3.94. The normalized spacial score (nSPS) is 16.4. The highest BCUT2D eigenvalue weighted by Gasteiger charge is 2.35. The van der Waals surface area contributed by atoms with E-state index in [9.17, 15) is 4.79 Å². The molecule has 1 amide bonds. The first-order valence-corrected chi connectivity index (χ1v) is 7.10. The van der Waals surface area contributed by atoms with Crippen LogP contribution in [-0.4, -0.2) is 21.1 Å². The fourth-order valence-corrected chi connectivity index (χ4v) is 2.81. The van der Waals surface area contributed by atoms with Crippen LogP contribution in [0.4, 0.5) is 0 Å². The molecule has 0 spiro atoms. The van der Waals surface area contributed by atoms with Crippen molar-refractivity contribution in [3.05, 3.63) is 71.2 Å². The minimum Gasteiger partial charge on any atom is -0.340 e. The number of carbonyl (C=O) groups is 1. The molecule has 0 radical (unpaired) electrons. The van der Waals surface area contributed by atoms with E-state index in [0.717, 1.165) is 22.4 Å². The number of nitrogens with one attached hydrogen (secondary N) is 2. The molecule has 2 aromatic heterocycles. The van der Waals surface area contributed by atoms with Gasteiger partial charge in [0.2, 0.25) is 0 Å². The number of aromatic nitrogens is 3. The van der Waals surface area contributed by atoms with Crippen molar-refractivity contribution >= 4 is 5.91 Å². The van der Waals surface area contributed by atoms with E-state index in [1.807, 2.05) is 43.3 Å². The Balaban J connectivity index is 1.86. The highest BCUT2D eigenvalue weighted by Crippen LogP contribution is 2.36. The second-order valence-corrected chi connectivity index (χ2v) is 5.42. The Kier molecular flexibility index (Phi) is 2.79. The fraction of sp³-hybridized carbons (Fsp3) is 0.118. The van der Waals surface area contributed by atoms with Crippen molar-refractivity contribution in [1.29, 1.82) is 0 Å². The summed E-state index contributed by atoms with van der Waals surface area (Å²) in [5, 5.41) is 10.2. The largest absolute Gasteiger partial charge is 0.340 e. The number of aryl methyl sites for hydroxylation is 1. The molecule has 3 heterocycles. The first-order valence-electron chi connectivity index (χ1n) is 7.10. The molecular weight excluding hydrogens is 276 g/mol. The van der Waals surface area contributed by atoms with Gasteiger partial charge in [0, 0.05) is 23.5 Å². The van der Waals surface area contributed by atoms with E-state index in [4.69, 9.17) is 0 Å². The number of benzene rings is 1. The van der Waals surface area contributed by atoms with Gasteiger partial charge in [0.05, 0.1) is 11.7 Å². The van der Waals surface area contributed by atoms with Crippen molar-refractivity contribution in [2.24, 2.45) is 0 Å². The topological polar surface area (TPSA) is 70.7 Å². The monoisotopic (exact) mass is 290 g/mol. The van der Waals surface area contributed by atoms with Gasteiger partial charge < -0.3 is 5.32 Å². The summed E-state index contributed by atoms with van der Waals surface area (Å²) in [5.41, 5.74) is 5.36. The molecule has 1 aromatic carbocycles. The molecular formula is C17H14N4O. The highest BCUT2D eigenvalue weighted by atomic mass is 16.2. The van der Waals surface area contributed by atoms with Gasteiger partial charge in [-0.2, -0.15) is 5.10 Å². The van der Waals surface area contributed by atoms with Crippen molar-refractivity contribution < 1.29 is 4.79 Å². The third kappa shape index (κ3) is 1.90. The molecule has 4 rings (SSSR count). The smallest absolute Gasteiger partial charge is 0.270 e. The zero-order chi connectivity index (χ0) is 15.1. The van der Waals surface area contributed by atoms with E-state index in [1.165, 1.54) is 5.56 Å². The summed E-state index contributed by atoms with van der Waals surface area (Å²) in [5.74, 6) is -0.130. The number of hydrogen-bond donors (Lipinski definition) is 2. The van der Waals surface area contributed by atoms with E-state index in [0.29, 0.717) is 5.69 Å². The summed E-state index contributed by atoms with van der Waals surface area (Å²) in [4.78, 5) is 16.3. The van der Waals surface area contributed by atoms with E-state index < -0.39 is 0 Å². The van der Waals surface area contributed by atoms with Crippen LogP contribution in [0.25, 0.3) is 11.3 Å². The van der Waals surface area contributed by atoms with Gasteiger partial charge in [-0.05, 0) is 18.6 Å². The zero-order valence-electron chi connectivity index (χ0n) is 12.0. The second-order valence-electron chi connectivity index (χ2n) is 5.42. The molecule has 3 aromatic rings. The summed E-state index contributed by atoms with van der Waals surface area (Å²) in [6, 6.07) is 11.7. The molecule has 5 nitrogen and oxygen atoms in total. The number of amides is 1. The number of fused-ring (bicyclic) bond motifs is 1. The predicted molar refractivity (Wildman–Crippen MR) is 82.3 cm³/mol. The molecule has 22 heavy (non-hydrogen) atoms. The van der Waals surface area contributed by atoms with Gasteiger partial charge in [0.25, 0.3) is 5.91 Å². The van der Waals surface area contributed by atoms with Gasteiger partial charge in [0.1, 0.15) is 5.69 Å². The Labute approximate surface area is 127 Å². The van der Waals surface area contributed by atoms with E-state index in [-0.39, 0.29) is 11.9 Å². The summed E-state index contributed by atoms with van der Waals surface area (Å²) in [6.07, 6.45) is 3.49. The molecule has 0 saturated heterocycles. The molecule has 0 fully saturated rings. The average molecular weight is 290 g/mol. The van der Waals surface area contributed by atoms with Crippen LogP contribution in [0.2, 0.25) is 0 Å². The molecule has 2 N–H and O–H groups in total. The van der Waals surface area contributed by atoms with Gasteiger partial charge >= 0.3 is 0 Å². The Bertz CT molecular complexity index is 837. The third-order valence-electron chi connectivity index (χ3n) is 3.94. The molecule has 1 aliphatic rings.